The summed E-state index contributed by atoms with van der Waals surface area (Å²) in [7, 11) is 0. The Morgan fingerprint density at radius 2 is 2.31 bits per heavy atom. The maximum Gasteiger partial charge on any atom is 0.308 e. The summed E-state index contributed by atoms with van der Waals surface area (Å²) in [5, 5.41) is 8.97. The lowest BCUT2D eigenvalue weighted by atomic mass is 9.82. The molecule has 1 fully saturated rings. The van der Waals surface area contributed by atoms with E-state index in [0.717, 1.165) is 25.7 Å². The highest BCUT2D eigenvalue weighted by Crippen LogP contribution is 2.29. The predicted molar refractivity (Wildman–Crippen MR) is 49.2 cm³/mol. The number of esters is 1. The van der Waals surface area contributed by atoms with E-state index in [2.05, 4.69) is 0 Å². The molecule has 0 amide bonds. The summed E-state index contributed by atoms with van der Waals surface area (Å²) in [6, 6.07) is 0. The van der Waals surface area contributed by atoms with Gasteiger partial charge in [-0.2, -0.15) is 0 Å². The number of hydrogen-bond donors (Lipinski definition) is 1. The lowest BCUT2D eigenvalue weighted by molar-refractivity contribution is -0.149. The van der Waals surface area contributed by atoms with Gasteiger partial charge >= 0.3 is 5.97 Å². The smallest absolute Gasteiger partial charge is 0.308 e. The Morgan fingerprint density at radius 1 is 1.54 bits per heavy atom. The minimum Gasteiger partial charge on any atom is -0.466 e. The van der Waals surface area contributed by atoms with Gasteiger partial charge in [0.1, 0.15) is 0 Å². The largest absolute Gasteiger partial charge is 0.466 e. The topological polar surface area (TPSA) is 46.5 Å². The molecule has 3 heteroatoms. The van der Waals surface area contributed by atoms with Crippen LogP contribution in [0.2, 0.25) is 0 Å². The van der Waals surface area contributed by atoms with Crippen molar-refractivity contribution in [3.8, 4) is 0 Å². The Morgan fingerprint density at radius 3 is 2.92 bits per heavy atom. The van der Waals surface area contributed by atoms with Gasteiger partial charge in [-0.05, 0) is 32.1 Å². The summed E-state index contributed by atoms with van der Waals surface area (Å²) in [5.74, 6) is 0.259. The molecule has 0 aliphatic heterocycles. The molecule has 76 valence electrons. The van der Waals surface area contributed by atoms with Gasteiger partial charge < -0.3 is 9.84 Å². The molecule has 3 nitrogen and oxygen atoms in total. The number of carbonyl (C=O) groups is 1. The first-order chi connectivity index (χ1) is 6.27. The average molecular weight is 186 g/mol. The van der Waals surface area contributed by atoms with Crippen molar-refractivity contribution in [2.75, 3.05) is 13.2 Å². The minimum absolute atomic E-state index is 0.0332. The third-order valence-electron chi connectivity index (χ3n) is 2.66. The first-order valence-electron chi connectivity index (χ1n) is 5.05. The van der Waals surface area contributed by atoms with E-state index in [0.29, 0.717) is 12.5 Å². The zero-order chi connectivity index (χ0) is 9.68. The molecule has 2 atom stereocenters. The van der Waals surface area contributed by atoms with Gasteiger partial charge in [-0.25, -0.2) is 0 Å². The number of hydrogen-bond acceptors (Lipinski definition) is 3. The maximum atomic E-state index is 11.4. The average Bonchev–Trinajstić information content (AvgIpc) is 2.18. The van der Waals surface area contributed by atoms with E-state index in [1.165, 1.54) is 0 Å². The van der Waals surface area contributed by atoms with Crippen LogP contribution in [0.3, 0.4) is 0 Å². The van der Waals surface area contributed by atoms with Crippen LogP contribution >= 0.6 is 0 Å². The highest BCUT2D eigenvalue weighted by molar-refractivity contribution is 5.72. The van der Waals surface area contributed by atoms with Crippen LogP contribution in [0.5, 0.6) is 0 Å². The standard InChI is InChI=1S/C10H18O3/c1-2-13-10(12)9-5-3-4-8(6-9)7-11/h8-9,11H,2-7H2,1H3/t8-,9-/m1/s1. The number of rotatable bonds is 3. The normalized spacial score (nSPS) is 28.5. The van der Waals surface area contributed by atoms with Gasteiger partial charge in [0, 0.05) is 6.61 Å². The fraction of sp³-hybridized carbons (Fsp3) is 0.900. The third-order valence-corrected chi connectivity index (χ3v) is 2.66. The fourth-order valence-corrected chi connectivity index (χ4v) is 1.93. The van der Waals surface area contributed by atoms with Crippen LogP contribution in [0.25, 0.3) is 0 Å². The van der Waals surface area contributed by atoms with Gasteiger partial charge in [0.2, 0.25) is 0 Å². The van der Waals surface area contributed by atoms with Gasteiger partial charge in [0.15, 0.2) is 0 Å². The van der Waals surface area contributed by atoms with E-state index in [1.54, 1.807) is 0 Å². The molecule has 13 heavy (non-hydrogen) atoms. The van der Waals surface area contributed by atoms with Gasteiger partial charge in [-0.1, -0.05) is 6.42 Å². The van der Waals surface area contributed by atoms with Crippen molar-refractivity contribution in [2.45, 2.75) is 32.6 Å². The first-order valence-corrected chi connectivity index (χ1v) is 5.05. The Hall–Kier alpha value is -0.570. The van der Waals surface area contributed by atoms with E-state index >= 15 is 0 Å². The molecule has 1 aliphatic carbocycles. The zero-order valence-electron chi connectivity index (χ0n) is 8.16. The maximum absolute atomic E-state index is 11.4. The second-order valence-corrected chi connectivity index (χ2v) is 3.66. The molecule has 1 N–H and O–H groups in total. The fourth-order valence-electron chi connectivity index (χ4n) is 1.93. The lowest BCUT2D eigenvalue weighted by Gasteiger charge is -2.26. The minimum atomic E-state index is -0.0827. The van der Waals surface area contributed by atoms with Crippen molar-refractivity contribution in [1.82, 2.24) is 0 Å². The summed E-state index contributed by atoms with van der Waals surface area (Å²) in [6.07, 6.45) is 3.81. The summed E-state index contributed by atoms with van der Waals surface area (Å²) in [5.41, 5.74) is 0. The Balaban J connectivity index is 2.37. The van der Waals surface area contributed by atoms with E-state index in [9.17, 15) is 4.79 Å². The molecule has 1 saturated carbocycles. The highest BCUT2D eigenvalue weighted by Gasteiger charge is 2.27. The molecule has 0 heterocycles. The molecule has 0 aromatic heterocycles. The molecular weight excluding hydrogens is 168 g/mol. The van der Waals surface area contributed by atoms with Crippen LogP contribution < -0.4 is 0 Å². The third kappa shape index (κ3) is 2.99. The van der Waals surface area contributed by atoms with Crippen molar-refractivity contribution >= 4 is 5.97 Å². The van der Waals surface area contributed by atoms with E-state index in [1.807, 2.05) is 6.92 Å². The van der Waals surface area contributed by atoms with Crippen molar-refractivity contribution in [1.29, 1.82) is 0 Å². The molecule has 0 spiro atoms. The van der Waals surface area contributed by atoms with Gasteiger partial charge in [0.25, 0.3) is 0 Å². The summed E-state index contributed by atoms with van der Waals surface area (Å²) in [6.45, 7) is 2.49. The monoisotopic (exact) mass is 186 g/mol. The molecular formula is C10H18O3. The van der Waals surface area contributed by atoms with Crippen LogP contribution in [0.4, 0.5) is 0 Å². The molecule has 0 saturated heterocycles. The van der Waals surface area contributed by atoms with Gasteiger partial charge in [0.05, 0.1) is 12.5 Å². The zero-order valence-corrected chi connectivity index (χ0v) is 8.16. The Bertz CT molecular complexity index is 168. The van der Waals surface area contributed by atoms with Crippen molar-refractivity contribution < 1.29 is 14.6 Å². The number of ether oxygens (including phenoxy) is 1. The number of carbonyl (C=O) groups excluding carboxylic acids is 1. The quantitative estimate of drug-likeness (QED) is 0.677. The van der Waals surface area contributed by atoms with Crippen LogP contribution in [-0.4, -0.2) is 24.3 Å². The van der Waals surface area contributed by atoms with Crippen molar-refractivity contribution in [3.05, 3.63) is 0 Å². The van der Waals surface area contributed by atoms with E-state index in [-0.39, 0.29) is 18.5 Å². The van der Waals surface area contributed by atoms with Crippen molar-refractivity contribution in [3.63, 3.8) is 0 Å². The number of aliphatic hydroxyl groups excluding tert-OH is 1. The van der Waals surface area contributed by atoms with Crippen LogP contribution in [0.15, 0.2) is 0 Å². The highest BCUT2D eigenvalue weighted by atomic mass is 16.5. The van der Waals surface area contributed by atoms with Crippen molar-refractivity contribution in [2.24, 2.45) is 11.8 Å². The van der Waals surface area contributed by atoms with E-state index < -0.39 is 0 Å². The van der Waals surface area contributed by atoms with Gasteiger partial charge in [-0.3, -0.25) is 4.79 Å². The summed E-state index contributed by atoms with van der Waals surface area (Å²) >= 11 is 0. The lowest BCUT2D eigenvalue weighted by Crippen LogP contribution is -2.26. The first kappa shape index (κ1) is 10.5. The second-order valence-electron chi connectivity index (χ2n) is 3.66. The van der Waals surface area contributed by atoms with Gasteiger partial charge in [-0.15, -0.1) is 0 Å². The number of aliphatic hydroxyl groups is 1. The molecule has 0 aromatic rings. The Labute approximate surface area is 79.1 Å². The molecule has 0 radical (unpaired) electrons. The summed E-state index contributed by atoms with van der Waals surface area (Å²) < 4.78 is 4.95. The predicted octanol–water partition coefficient (Wildman–Crippen LogP) is 1.35. The molecule has 1 rings (SSSR count). The van der Waals surface area contributed by atoms with Crippen LogP contribution in [0.1, 0.15) is 32.6 Å². The molecule has 1 aliphatic rings. The molecule has 0 bridgehead atoms. The Kier molecular flexibility index (Phi) is 4.22. The second kappa shape index (κ2) is 5.22. The van der Waals surface area contributed by atoms with E-state index in [4.69, 9.17) is 9.84 Å². The van der Waals surface area contributed by atoms with Crippen LogP contribution in [-0.2, 0) is 9.53 Å². The molecule has 0 aromatic carbocycles. The molecule has 0 unspecified atom stereocenters. The van der Waals surface area contributed by atoms with Crippen LogP contribution in [0, 0.1) is 11.8 Å². The summed E-state index contributed by atoms with van der Waals surface area (Å²) in [4.78, 5) is 11.4. The SMILES string of the molecule is CCOC(=O)[C@@H]1CCC[C@@H](CO)C1.